The maximum absolute atomic E-state index is 13.3. The largest absolute Gasteiger partial charge is 0.573 e. The number of nitrogens with two attached hydrogens (primary N) is 1. The minimum absolute atomic E-state index is 0.0221. The van der Waals surface area contributed by atoms with E-state index in [0.29, 0.717) is 12.8 Å². The third-order valence-corrected chi connectivity index (χ3v) is 3.16. The quantitative estimate of drug-likeness (QED) is 0.665. The molecule has 0 saturated carbocycles. The van der Waals surface area contributed by atoms with E-state index in [0.717, 1.165) is 18.2 Å². The smallest absolute Gasteiger partial charge is 0.403 e. The SMILES string of the molecule is NC1C=CC(C(=O)Nc2ccc(F)c(OC(F)(F)F)c2)CC1. The van der Waals surface area contributed by atoms with Crippen LogP contribution in [-0.4, -0.2) is 18.3 Å². The predicted octanol–water partition coefficient (Wildman–Crippen LogP) is 2.96. The summed E-state index contributed by atoms with van der Waals surface area (Å²) in [5.74, 6) is -2.98. The van der Waals surface area contributed by atoms with Gasteiger partial charge in [-0.15, -0.1) is 13.2 Å². The van der Waals surface area contributed by atoms with Gasteiger partial charge in [-0.1, -0.05) is 12.2 Å². The fraction of sp³-hybridized carbons (Fsp3) is 0.357. The van der Waals surface area contributed by atoms with Gasteiger partial charge in [0, 0.05) is 17.8 Å². The molecule has 22 heavy (non-hydrogen) atoms. The number of hydrogen-bond donors (Lipinski definition) is 2. The van der Waals surface area contributed by atoms with Crippen LogP contribution in [0.15, 0.2) is 30.4 Å². The molecule has 0 bridgehead atoms. The maximum Gasteiger partial charge on any atom is 0.573 e. The second kappa shape index (κ2) is 6.35. The van der Waals surface area contributed by atoms with Crippen molar-refractivity contribution in [1.82, 2.24) is 0 Å². The van der Waals surface area contributed by atoms with Gasteiger partial charge < -0.3 is 15.8 Å². The summed E-state index contributed by atoms with van der Waals surface area (Å²) in [6.07, 6.45) is -0.473. The number of rotatable bonds is 3. The highest BCUT2D eigenvalue weighted by Crippen LogP contribution is 2.28. The Morgan fingerprint density at radius 1 is 1.27 bits per heavy atom. The minimum atomic E-state index is -5.01. The molecule has 8 heteroatoms. The van der Waals surface area contributed by atoms with Gasteiger partial charge in [-0.2, -0.15) is 0 Å². The number of alkyl halides is 3. The highest BCUT2D eigenvalue weighted by atomic mass is 19.4. The van der Waals surface area contributed by atoms with Crippen LogP contribution in [0, 0.1) is 11.7 Å². The molecule has 1 aromatic rings. The molecule has 1 amide bonds. The number of carbonyl (C=O) groups excluding carboxylic acids is 1. The van der Waals surface area contributed by atoms with Gasteiger partial charge in [0.15, 0.2) is 11.6 Å². The van der Waals surface area contributed by atoms with Crippen molar-refractivity contribution < 1.29 is 27.1 Å². The molecule has 4 nitrogen and oxygen atoms in total. The Morgan fingerprint density at radius 3 is 2.59 bits per heavy atom. The van der Waals surface area contributed by atoms with Gasteiger partial charge in [0.05, 0.1) is 5.92 Å². The van der Waals surface area contributed by atoms with E-state index in [-0.39, 0.29) is 11.7 Å². The van der Waals surface area contributed by atoms with Crippen LogP contribution in [-0.2, 0) is 4.79 Å². The second-order valence-corrected chi connectivity index (χ2v) is 4.91. The Kier molecular flexibility index (Phi) is 4.70. The van der Waals surface area contributed by atoms with Gasteiger partial charge in [-0.3, -0.25) is 4.79 Å². The Morgan fingerprint density at radius 2 is 2.00 bits per heavy atom. The highest BCUT2D eigenvalue weighted by molar-refractivity contribution is 5.93. The molecule has 0 aromatic heterocycles. The molecule has 0 heterocycles. The lowest BCUT2D eigenvalue weighted by Gasteiger charge is -2.20. The van der Waals surface area contributed by atoms with Crippen LogP contribution in [0.25, 0.3) is 0 Å². The summed E-state index contributed by atoms with van der Waals surface area (Å²) in [7, 11) is 0. The molecule has 0 fully saturated rings. The topological polar surface area (TPSA) is 64.4 Å². The lowest BCUT2D eigenvalue weighted by Crippen LogP contribution is -2.28. The van der Waals surface area contributed by atoms with Crippen molar-refractivity contribution in [3.8, 4) is 5.75 Å². The summed E-state index contributed by atoms with van der Waals surface area (Å²) in [6.45, 7) is 0. The number of amides is 1. The third kappa shape index (κ3) is 4.45. The van der Waals surface area contributed by atoms with Crippen LogP contribution < -0.4 is 15.8 Å². The van der Waals surface area contributed by atoms with Crippen LogP contribution in [0.5, 0.6) is 5.75 Å². The Balaban J connectivity index is 2.08. The van der Waals surface area contributed by atoms with E-state index in [1.54, 1.807) is 12.2 Å². The molecule has 0 radical (unpaired) electrons. The monoisotopic (exact) mass is 318 g/mol. The highest BCUT2D eigenvalue weighted by Gasteiger charge is 2.32. The minimum Gasteiger partial charge on any atom is -0.403 e. The molecular formula is C14H14F4N2O2. The molecule has 2 rings (SSSR count). The molecule has 1 aliphatic rings. The van der Waals surface area contributed by atoms with E-state index < -0.39 is 29.8 Å². The summed E-state index contributed by atoms with van der Waals surface area (Å²) in [5, 5.41) is 2.43. The van der Waals surface area contributed by atoms with Gasteiger partial charge in [-0.25, -0.2) is 4.39 Å². The molecule has 3 N–H and O–H groups in total. The van der Waals surface area contributed by atoms with E-state index in [1.807, 2.05) is 0 Å². The van der Waals surface area contributed by atoms with Crippen molar-refractivity contribution in [2.75, 3.05) is 5.32 Å². The second-order valence-electron chi connectivity index (χ2n) is 4.91. The molecule has 1 aliphatic carbocycles. The van der Waals surface area contributed by atoms with E-state index in [2.05, 4.69) is 10.1 Å². The van der Waals surface area contributed by atoms with Gasteiger partial charge in [0.25, 0.3) is 0 Å². The summed E-state index contributed by atoms with van der Waals surface area (Å²) < 4.78 is 53.3. The molecule has 0 spiro atoms. The van der Waals surface area contributed by atoms with E-state index in [4.69, 9.17) is 5.73 Å². The van der Waals surface area contributed by atoms with Crippen LogP contribution >= 0.6 is 0 Å². The number of carbonyl (C=O) groups is 1. The normalized spacial score (nSPS) is 21.5. The zero-order valence-corrected chi connectivity index (χ0v) is 11.4. The summed E-state index contributed by atoms with van der Waals surface area (Å²) >= 11 is 0. The first-order valence-electron chi connectivity index (χ1n) is 6.54. The number of hydrogen-bond acceptors (Lipinski definition) is 3. The number of ether oxygens (including phenoxy) is 1. The average Bonchev–Trinajstić information content (AvgIpc) is 2.41. The first-order chi connectivity index (χ1) is 10.2. The Labute approximate surface area is 123 Å². The first-order valence-corrected chi connectivity index (χ1v) is 6.54. The van der Waals surface area contributed by atoms with Crippen molar-refractivity contribution in [1.29, 1.82) is 0 Å². The summed E-state index contributed by atoms with van der Waals surface area (Å²) in [5.41, 5.74) is 5.68. The van der Waals surface area contributed by atoms with Crippen molar-refractivity contribution in [2.45, 2.75) is 25.2 Å². The van der Waals surface area contributed by atoms with Crippen molar-refractivity contribution in [3.63, 3.8) is 0 Å². The molecule has 2 atom stereocenters. The first kappa shape index (κ1) is 16.3. The van der Waals surface area contributed by atoms with Crippen molar-refractivity contribution in [3.05, 3.63) is 36.2 Å². The van der Waals surface area contributed by atoms with Gasteiger partial charge in [-0.05, 0) is 25.0 Å². The van der Waals surface area contributed by atoms with Crippen LogP contribution in [0.3, 0.4) is 0 Å². The number of benzene rings is 1. The number of halogens is 4. The molecule has 0 saturated heterocycles. The van der Waals surface area contributed by atoms with Crippen LogP contribution in [0.1, 0.15) is 12.8 Å². The lowest BCUT2D eigenvalue weighted by atomic mass is 9.92. The lowest BCUT2D eigenvalue weighted by molar-refractivity contribution is -0.275. The van der Waals surface area contributed by atoms with Crippen molar-refractivity contribution in [2.24, 2.45) is 11.7 Å². The Hall–Kier alpha value is -2.09. The molecular weight excluding hydrogens is 304 g/mol. The zero-order chi connectivity index (χ0) is 16.3. The average molecular weight is 318 g/mol. The van der Waals surface area contributed by atoms with E-state index in [9.17, 15) is 22.4 Å². The maximum atomic E-state index is 13.3. The standard InChI is InChI=1S/C14H14F4N2O2/c15-11-6-5-10(7-12(11)22-14(16,17)18)20-13(21)8-1-3-9(19)4-2-8/h1,3,5-9H,2,4,19H2,(H,20,21). The van der Waals surface area contributed by atoms with E-state index in [1.165, 1.54) is 0 Å². The molecule has 0 aliphatic heterocycles. The number of nitrogens with one attached hydrogen (secondary N) is 1. The van der Waals surface area contributed by atoms with Gasteiger partial charge in [0.1, 0.15) is 0 Å². The number of anilines is 1. The molecule has 120 valence electrons. The van der Waals surface area contributed by atoms with Gasteiger partial charge in [0.2, 0.25) is 5.91 Å². The Bertz CT molecular complexity index is 587. The molecule has 1 aromatic carbocycles. The van der Waals surface area contributed by atoms with Crippen LogP contribution in [0.2, 0.25) is 0 Å². The fourth-order valence-electron chi connectivity index (χ4n) is 2.08. The van der Waals surface area contributed by atoms with Gasteiger partial charge >= 0.3 is 6.36 Å². The molecule has 2 unspecified atom stereocenters. The third-order valence-electron chi connectivity index (χ3n) is 3.16. The van der Waals surface area contributed by atoms with Crippen LogP contribution in [0.4, 0.5) is 23.2 Å². The predicted molar refractivity (Wildman–Crippen MR) is 71.6 cm³/mol. The van der Waals surface area contributed by atoms with E-state index >= 15 is 0 Å². The fourth-order valence-corrected chi connectivity index (χ4v) is 2.08. The zero-order valence-electron chi connectivity index (χ0n) is 11.4. The summed E-state index contributed by atoms with van der Waals surface area (Å²) in [4.78, 5) is 12.0. The summed E-state index contributed by atoms with van der Waals surface area (Å²) in [6, 6.07) is 2.65. The van der Waals surface area contributed by atoms with Crippen molar-refractivity contribution >= 4 is 11.6 Å².